The van der Waals surface area contributed by atoms with Gasteiger partial charge in [-0.1, -0.05) is 20.8 Å². The zero-order valence-corrected chi connectivity index (χ0v) is 5.12. The van der Waals surface area contributed by atoms with Crippen LogP contribution in [0.4, 0.5) is 0 Å². The lowest BCUT2D eigenvalue weighted by atomic mass is 9.92. The quantitative estimate of drug-likeness (QED) is 0.454. The van der Waals surface area contributed by atoms with Gasteiger partial charge in [-0.2, -0.15) is 0 Å². The molecule has 0 N–H and O–H groups in total. The highest BCUT2D eigenvalue weighted by atomic mass is 16.1. The first-order valence-electron chi connectivity index (χ1n) is 3.01. The number of ketones is 1. The fraction of sp³-hybridized carbons (Fsp3) is 0.833. The first-order chi connectivity index (χ1) is 3.48. The molecule has 42 valence electrons. The van der Waals surface area contributed by atoms with E-state index in [4.69, 9.17) is 1.37 Å². The van der Waals surface area contributed by atoms with E-state index in [2.05, 4.69) is 0 Å². The summed E-state index contributed by atoms with van der Waals surface area (Å²) in [6.07, 6.45) is 0. The van der Waals surface area contributed by atoms with Crippen molar-refractivity contribution in [2.45, 2.75) is 27.7 Å². The maximum Gasteiger partial charge on any atom is 0.135 e. The predicted octanol–water partition coefficient (Wildman–Crippen LogP) is 1.62. The van der Waals surface area contributed by atoms with Gasteiger partial charge in [0.25, 0.3) is 0 Å². The van der Waals surface area contributed by atoms with E-state index in [1.165, 1.54) is 0 Å². The van der Waals surface area contributed by atoms with Crippen molar-refractivity contribution in [2.75, 3.05) is 0 Å². The lowest BCUT2D eigenvalue weighted by Gasteiger charge is -2.11. The highest BCUT2D eigenvalue weighted by Crippen LogP contribution is 2.12. The lowest BCUT2D eigenvalue weighted by molar-refractivity contribution is -0.124. The molecule has 0 aromatic rings. The van der Waals surface area contributed by atoms with Gasteiger partial charge >= 0.3 is 0 Å². The van der Waals surface area contributed by atoms with Gasteiger partial charge in [0.2, 0.25) is 0 Å². The third kappa shape index (κ3) is 2.38. The minimum Gasteiger partial charge on any atom is -0.299 e. The molecule has 0 atom stereocenters. The van der Waals surface area contributed by atoms with Crippen LogP contribution in [0.1, 0.15) is 29.0 Å². The van der Waals surface area contributed by atoms with Gasteiger partial charge in [-0.25, -0.2) is 0 Å². The van der Waals surface area contributed by atoms with Crippen molar-refractivity contribution in [1.29, 1.82) is 0 Å². The number of carbonyl (C=O) groups is 1. The Balaban J connectivity index is 3.82. The summed E-state index contributed by atoms with van der Waals surface area (Å²) in [7, 11) is 0. The van der Waals surface area contributed by atoms with Crippen LogP contribution in [-0.2, 0) is 4.79 Å². The molecule has 0 heterocycles. The summed E-state index contributed by atoms with van der Waals surface area (Å²) in [5.41, 5.74) is -0.318. The van der Waals surface area contributed by atoms with Gasteiger partial charge in [-0.05, 0) is 6.90 Å². The smallest absolute Gasteiger partial charge is 0.135 e. The molecule has 7 heavy (non-hydrogen) atoms. The summed E-state index contributed by atoms with van der Waals surface area (Å²) in [5, 5.41) is 0. The first kappa shape index (κ1) is 4.82. The molecule has 0 aliphatic rings. The zero-order chi connectivity index (χ0) is 6.78. The van der Waals surface area contributed by atoms with Crippen molar-refractivity contribution in [3.8, 4) is 0 Å². The highest BCUT2D eigenvalue weighted by Gasteiger charge is 2.14. The Morgan fingerprint density at radius 2 is 2.00 bits per heavy atom. The molecular weight excluding hydrogens is 88.1 g/mol. The zero-order valence-electron chi connectivity index (χ0n) is 6.12. The van der Waals surface area contributed by atoms with Gasteiger partial charge in [-0.15, -0.1) is 0 Å². The predicted molar refractivity (Wildman–Crippen MR) is 30.1 cm³/mol. The Labute approximate surface area is 46.1 Å². The van der Waals surface area contributed by atoms with Crippen molar-refractivity contribution in [3.63, 3.8) is 0 Å². The summed E-state index contributed by atoms with van der Waals surface area (Å²) < 4.78 is 6.71. The second-order valence-corrected chi connectivity index (χ2v) is 2.67. The van der Waals surface area contributed by atoms with Crippen molar-refractivity contribution in [1.82, 2.24) is 0 Å². The lowest BCUT2D eigenvalue weighted by Crippen LogP contribution is -2.15. The molecular formula is C6H12O. The van der Waals surface area contributed by atoms with E-state index in [-0.39, 0.29) is 18.1 Å². The fourth-order valence-corrected chi connectivity index (χ4v) is 0. The number of hydrogen-bond acceptors (Lipinski definition) is 1. The average Bonchev–Trinajstić information content (AvgIpc) is 1.62. The molecule has 0 aromatic carbocycles. The Bertz CT molecular complexity index is 91.2. The maximum absolute atomic E-state index is 10.6. The van der Waals surface area contributed by atoms with Crippen LogP contribution in [0.25, 0.3) is 0 Å². The van der Waals surface area contributed by atoms with Crippen LogP contribution in [0, 0.1) is 5.41 Å². The van der Waals surface area contributed by atoms with Crippen LogP contribution in [0.5, 0.6) is 0 Å². The second-order valence-electron chi connectivity index (χ2n) is 2.67. The van der Waals surface area contributed by atoms with Crippen molar-refractivity contribution in [2.24, 2.45) is 5.41 Å². The monoisotopic (exact) mass is 102 g/mol. The summed E-state index contributed by atoms with van der Waals surface area (Å²) in [6.45, 7) is 5.38. The van der Waals surface area contributed by atoms with Gasteiger partial charge in [0, 0.05) is 6.79 Å². The minimum absolute atomic E-state index is 0.00231. The van der Waals surface area contributed by atoms with Crippen LogP contribution in [0.3, 0.4) is 0 Å². The van der Waals surface area contributed by atoms with E-state index >= 15 is 0 Å². The first-order valence-corrected chi connectivity index (χ1v) is 2.31. The number of carbonyl (C=O) groups excluding carboxylic acids is 1. The molecule has 0 rings (SSSR count). The third-order valence-electron chi connectivity index (χ3n) is 0.837. The van der Waals surface area contributed by atoms with Crippen LogP contribution < -0.4 is 0 Å². The highest BCUT2D eigenvalue weighted by molar-refractivity contribution is 5.80. The summed E-state index contributed by atoms with van der Waals surface area (Å²) in [4.78, 5) is 10.6. The second kappa shape index (κ2) is 1.65. The molecule has 0 aromatic heterocycles. The molecule has 0 aliphatic heterocycles. The molecule has 0 aliphatic carbocycles. The van der Waals surface area contributed by atoms with E-state index < -0.39 is 0 Å². The topological polar surface area (TPSA) is 17.1 Å². The van der Waals surface area contributed by atoms with Gasteiger partial charge < -0.3 is 0 Å². The summed E-state index contributed by atoms with van der Waals surface area (Å²) >= 11 is 0. The van der Waals surface area contributed by atoms with Gasteiger partial charge in [0.15, 0.2) is 0 Å². The van der Waals surface area contributed by atoms with Crippen LogP contribution in [0.15, 0.2) is 0 Å². The normalized spacial score (nSPS) is 13.3. The van der Waals surface area contributed by atoms with E-state index in [1.807, 2.05) is 20.8 Å². The van der Waals surface area contributed by atoms with E-state index in [0.717, 1.165) is 0 Å². The molecule has 1 nitrogen and oxygen atoms in total. The molecule has 0 unspecified atom stereocenters. The SMILES string of the molecule is [3H]CC(=O)C(C)(C)C. The molecule has 0 bridgehead atoms. The summed E-state index contributed by atoms with van der Waals surface area (Å²) in [5.74, 6) is -0.00231. The van der Waals surface area contributed by atoms with Crippen molar-refractivity contribution < 1.29 is 6.17 Å². The number of Topliss-reactive ketones (excluding diaryl/α,β-unsaturated/α-hetero) is 1. The van der Waals surface area contributed by atoms with Crippen molar-refractivity contribution >= 4 is 5.78 Å². The molecule has 0 saturated heterocycles. The molecule has 0 fully saturated rings. The summed E-state index contributed by atoms with van der Waals surface area (Å²) in [6, 6.07) is 0. The minimum atomic E-state index is -0.318. The molecule has 0 radical (unpaired) electrons. The van der Waals surface area contributed by atoms with E-state index in [1.54, 1.807) is 0 Å². The number of rotatable bonds is 0. The van der Waals surface area contributed by atoms with Crippen LogP contribution in [-0.4, -0.2) is 5.78 Å². The van der Waals surface area contributed by atoms with Crippen molar-refractivity contribution in [3.05, 3.63) is 0 Å². The Hall–Kier alpha value is -0.330. The van der Waals surface area contributed by atoms with E-state index in [9.17, 15) is 4.79 Å². The van der Waals surface area contributed by atoms with Gasteiger partial charge in [0.05, 0.1) is 0 Å². The number of hydrogen-bond donors (Lipinski definition) is 0. The molecule has 1 heteroatoms. The molecule has 0 amide bonds. The van der Waals surface area contributed by atoms with E-state index in [0.29, 0.717) is 0 Å². The largest absolute Gasteiger partial charge is 0.299 e. The van der Waals surface area contributed by atoms with Crippen LogP contribution in [0.2, 0.25) is 0 Å². The van der Waals surface area contributed by atoms with Gasteiger partial charge in [0.1, 0.15) is 5.78 Å². The molecule has 0 spiro atoms. The standard InChI is InChI=1S/C6H12O/c1-5(7)6(2,3)4/h1-4H3/i1T. The maximum atomic E-state index is 10.6. The Morgan fingerprint density at radius 3 is 2.00 bits per heavy atom. The Kier molecular flexibility index (Phi) is 1.13. The average molecular weight is 102 g/mol. The Morgan fingerprint density at radius 1 is 1.57 bits per heavy atom. The fourth-order valence-electron chi connectivity index (χ4n) is 0. The molecule has 0 saturated carbocycles. The van der Waals surface area contributed by atoms with Gasteiger partial charge in [-0.3, -0.25) is 4.79 Å². The third-order valence-corrected chi connectivity index (χ3v) is 0.837. The van der Waals surface area contributed by atoms with Crippen LogP contribution >= 0.6 is 0 Å².